The van der Waals surface area contributed by atoms with Gasteiger partial charge in [0.1, 0.15) is 11.4 Å². The molecule has 1 aliphatic rings. The van der Waals surface area contributed by atoms with Gasteiger partial charge in [0, 0.05) is 23.8 Å². The number of fused-ring (bicyclic) bond motifs is 1. The molecule has 1 saturated heterocycles. The molecule has 0 bridgehead atoms. The lowest BCUT2D eigenvalue weighted by molar-refractivity contribution is -0.133. The number of piperidine rings is 1. The highest BCUT2D eigenvalue weighted by Crippen LogP contribution is 2.28. The van der Waals surface area contributed by atoms with E-state index in [1.54, 1.807) is 36.1 Å². The molecule has 7 nitrogen and oxygen atoms in total. The van der Waals surface area contributed by atoms with Crippen LogP contribution in [0.5, 0.6) is 0 Å². The van der Waals surface area contributed by atoms with E-state index in [-0.39, 0.29) is 23.9 Å². The minimum absolute atomic E-state index is 0.0461. The minimum Gasteiger partial charge on any atom is -0.341 e. The van der Waals surface area contributed by atoms with Crippen LogP contribution in [0.2, 0.25) is 5.02 Å². The second-order valence-corrected chi connectivity index (χ2v) is 9.38. The maximum atomic E-state index is 13.1. The van der Waals surface area contributed by atoms with Gasteiger partial charge in [0.25, 0.3) is 11.5 Å². The summed E-state index contributed by atoms with van der Waals surface area (Å²) in [6.07, 6.45) is 3.35. The summed E-state index contributed by atoms with van der Waals surface area (Å²) >= 11 is 7.14. The SMILES string of the molecule is Cc1c(C(=O)Nc2cccc(Cl)c2)sc2ncn(CC(=O)N3CCC(C)CC3)c(=O)c12. The van der Waals surface area contributed by atoms with Crippen LogP contribution in [0.4, 0.5) is 5.69 Å². The maximum absolute atomic E-state index is 13.1. The molecule has 3 heterocycles. The van der Waals surface area contributed by atoms with Crippen LogP contribution < -0.4 is 10.9 Å². The van der Waals surface area contributed by atoms with Gasteiger partial charge in [0.2, 0.25) is 5.91 Å². The first-order valence-corrected chi connectivity index (χ1v) is 11.4. The predicted octanol–water partition coefficient (Wildman–Crippen LogP) is 3.93. The average Bonchev–Trinajstić information content (AvgIpc) is 3.08. The van der Waals surface area contributed by atoms with Crippen molar-refractivity contribution in [3.05, 3.63) is 56.4 Å². The number of nitrogens with one attached hydrogen (secondary N) is 1. The number of aromatic nitrogens is 2. The monoisotopic (exact) mass is 458 g/mol. The van der Waals surface area contributed by atoms with Crippen LogP contribution in [0.25, 0.3) is 10.2 Å². The average molecular weight is 459 g/mol. The Bertz CT molecular complexity index is 1210. The number of likely N-dealkylation sites (tertiary alicyclic amines) is 1. The Morgan fingerprint density at radius 3 is 2.74 bits per heavy atom. The normalized spacial score (nSPS) is 14.7. The molecule has 2 amide bonds. The molecule has 0 unspecified atom stereocenters. The number of thiophene rings is 1. The van der Waals surface area contributed by atoms with Gasteiger partial charge in [0.05, 0.1) is 16.6 Å². The molecule has 4 rings (SSSR count). The number of aryl methyl sites for hydroxylation is 1. The Labute approximate surface area is 188 Å². The van der Waals surface area contributed by atoms with Gasteiger partial charge in [0.15, 0.2) is 0 Å². The summed E-state index contributed by atoms with van der Waals surface area (Å²) < 4.78 is 1.33. The lowest BCUT2D eigenvalue weighted by atomic mass is 9.99. The van der Waals surface area contributed by atoms with Crippen molar-refractivity contribution < 1.29 is 9.59 Å². The quantitative estimate of drug-likeness (QED) is 0.642. The number of rotatable bonds is 4. The molecular weight excluding hydrogens is 436 g/mol. The van der Waals surface area contributed by atoms with Gasteiger partial charge in [-0.2, -0.15) is 0 Å². The van der Waals surface area contributed by atoms with Gasteiger partial charge in [-0.15, -0.1) is 11.3 Å². The number of carbonyl (C=O) groups is 2. The maximum Gasteiger partial charge on any atom is 0.266 e. The highest BCUT2D eigenvalue weighted by Gasteiger charge is 2.23. The fourth-order valence-corrected chi connectivity index (χ4v) is 4.97. The van der Waals surface area contributed by atoms with E-state index in [4.69, 9.17) is 11.6 Å². The smallest absolute Gasteiger partial charge is 0.266 e. The zero-order valence-electron chi connectivity index (χ0n) is 17.4. The van der Waals surface area contributed by atoms with Crippen molar-refractivity contribution >= 4 is 50.7 Å². The van der Waals surface area contributed by atoms with E-state index in [1.807, 2.05) is 0 Å². The molecule has 1 fully saturated rings. The number of halogens is 1. The van der Waals surface area contributed by atoms with Crippen molar-refractivity contribution in [3.8, 4) is 0 Å². The van der Waals surface area contributed by atoms with E-state index in [9.17, 15) is 14.4 Å². The first-order chi connectivity index (χ1) is 14.8. The van der Waals surface area contributed by atoms with Crippen LogP contribution >= 0.6 is 22.9 Å². The van der Waals surface area contributed by atoms with Crippen LogP contribution in [0.3, 0.4) is 0 Å². The number of hydrogen-bond acceptors (Lipinski definition) is 5. The second kappa shape index (κ2) is 8.80. The Morgan fingerprint density at radius 2 is 2.03 bits per heavy atom. The third-order valence-corrected chi connectivity index (χ3v) is 7.08. The number of anilines is 1. The summed E-state index contributed by atoms with van der Waals surface area (Å²) in [5.74, 6) is 0.212. The van der Waals surface area contributed by atoms with E-state index in [0.717, 1.165) is 37.3 Å². The minimum atomic E-state index is -0.327. The highest BCUT2D eigenvalue weighted by atomic mass is 35.5. The van der Waals surface area contributed by atoms with Crippen LogP contribution in [0, 0.1) is 12.8 Å². The highest BCUT2D eigenvalue weighted by molar-refractivity contribution is 7.20. The van der Waals surface area contributed by atoms with E-state index in [2.05, 4.69) is 17.2 Å². The van der Waals surface area contributed by atoms with E-state index < -0.39 is 0 Å². The lowest BCUT2D eigenvalue weighted by Gasteiger charge is -2.30. The van der Waals surface area contributed by atoms with Crippen LogP contribution in [0.15, 0.2) is 35.4 Å². The van der Waals surface area contributed by atoms with Crippen LogP contribution in [-0.2, 0) is 11.3 Å². The molecule has 3 aromatic rings. The van der Waals surface area contributed by atoms with Crippen LogP contribution in [0.1, 0.15) is 35.0 Å². The number of amides is 2. The molecule has 0 saturated carbocycles. The molecule has 0 spiro atoms. The molecular formula is C22H23ClN4O3S. The molecule has 0 aliphatic carbocycles. The van der Waals surface area contributed by atoms with E-state index >= 15 is 0 Å². The molecule has 0 atom stereocenters. The topological polar surface area (TPSA) is 84.3 Å². The largest absolute Gasteiger partial charge is 0.341 e. The Morgan fingerprint density at radius 1 is 1.29 bits per heavy atom. The molecule has 0 radical (unpaired) electrons. The summed E-state index contributed by atoms with van der Waals surface area (Å²) in [4.78, 5) is 45.6. The van der Waals surface area contributed by atoms with Gasteiger partial charge in [-0.1, -0.05) is 24.6 Å². The van der Waals surface area contributed by atoms with Crippen molar-refractivity contribution in [1.29, 1.82) is 0 Å². The molecule has 31 heavy (non-hydrogen) atoms. The number of nitrogens with zero attached hydrogens (tertiary/aromatic N) is 3. The standard InChI is InChI=1S/C22H23ClN4O3S/c1-13-6-8-26(9-7-13)17(28)11-27-12-24-21-18(22(27)30)14(2)19(31-21)20(29)25-16-5-3-4-15(23)10-16/h3-5,10,12-13H,6-9,11H2,1-2H3,(H,25,29). The number of carbonyl (C=O) groups excluding carboxylic acids is 2. The van der Waals surface area contributed by atoms with Gasteiger partial charge in [-0.3, -0.25) is 19.0 Å². The van der Waals surface area contributed by atoms with Crippen molar-refractivity contribution in [1.82, 2.24) is 14.5 Å². The van der Waals surface area contributed by atoms with Gasteiger partial charge in [-0.05, 0) is 49.4 Å². The fourth-order valence-electron chi connectivity index (χ4n) is 3.75. The second-order valence-electron chi connectivity index (χ2n) is 7.94. The molecule has 9 heteroatoms. The van der Waals surface area contributed by atoms with E-state index in [1.165, 1.54) is 10.9 Å². The Hall–Kier alpha value is -2.71. The molecule has 1 aliphatic heterocycles. The van der Waals surface area contributed by atoms with Gasteiger partial charge < -0.3 is 10.2 Å². The first-order valence-electron chi connectivity index (χ1n) is 10.2. The third-order valence-electron chi connectivity index (χ3n) is 5.65. The molecule has 162 valence electrons. The van der Waals surface area contributed by atoms with Crippen molar-refractivity contribution in [3.63, 3.8) is 0 Å². The summed E-state index contributed by atoms with van der Waals surface area (Å²) in [6.45, 7) is 5.30. The van der Waals surface area contributed by atoms with E-state index in [0.29, 0.717) is 37.3 Å². The summed E-state index contributed by atoms with van der Waals surface area (Å²) in [5, 5.41) is 3.70. The van der Waals surface area contributed by atoms with Gasteiger partial charge in [-0.25, -0.2) is 4.98 Å². The van der Waals surface area contributed by atoms with Gasteiger partial charge >= 0.3 is 0 Å². The molecule has 2 aromatic heterocycles. The number of hydrogen-bond donors (Lipinski definition) is 1. The van der Waals surface area contributed by atoms with Crippen molar-refractivity contribution in [2.75, 3.05) is 18.4 Å². The molecule has 1 aromatic carbocycles. The summed E-state index contributed by atoms with van der Waals surface area (Å²) in [5.41, 5.74) is 0.825. The Kier molecular flexibility index (Phi) is 6.11. The summed E-state index contributed by atoms with van der Waals surface area (Å²) in [6, 6.07) is 6.86. The third kappa shape index (κ3) is 4.50. The zero-order valence-corrected chi connectivity index (χ0v) is 18.9. The molecule has 1 N–H and O–H groups in total. The van der Waals surface area contributed by atoms with Crippen LogP contribution in [-0.4, -0.2) is 39.4 Å². The fraction of sp³-hybridized carbons (Fsp3) is 0.364. The zero-order chi connectivity index (χ0) is 22.1. The summed E-state index contributed by atoms with van der Waals surface area (Å²) in [7, 11) is 0. The lowest BCUT2D eigenvalue weighted by Crippen LogP contribution is -2.41. The predicted molar refractivity (Wildman–Crippen MR) is 123 cm³/mol. The van der Waals surface area contributed by atoms with Crippen molar-refractivity contribution in [2.45, 2.75) is 33.2 Å². The van der Waals surface area contributed by atoms with Crippen molar-refractivity contribution in [2.24, 2.45) is 5.92 Å². The number of benzene rings is 1. The first kappa shape index (κ1) is 21.5. The Balaban J connectivity index is 1.58.